The summed E-state index contributed by atoms with van der Waals surface area (Å²) in [6.45, 7) is 1.59. The third-order valence-corrected chi connectivity index (χ3v) is 6.88. The Morgan fingerprint density at radius 3 is 2.58 bits per heavy atom. The smallest absolute Gasteiger partial charge is 0.251 e. The summed E-state index contributed by atoms with van der Waals surface area (Å²) in [6, 6.07) is 10.6. The van der Waals surface area contributed by atoms with E-state index in [0.29, 0.717) is 36.0 Å². The molecule has 1 unspecified atom stereocenters. The van der Waals surface area contributed by atoms with Crippen molar-refractivity contribution in [3.63, 3.8) is 0 Å². The zero-order valence-corrected chi connectivity index (χ0v) is 19.0. The predicted octanol–water partition coefficient (Wildman–Crippen LogP) is 1.60. The summed E-state index contributed by atoms with van der Waals surface area (Å²) in [5.74, 6) is -0.599. The average molecular weight is 478 g/mol. The SMILES string of the molecule is CC1(C(=O)Nc2ccc3c(c2)OCCO3)CN(S(C)(=O)=O)CC(=O)N1Cc1cccc(F)c1. The van der Waals surface area contributed by atoms with E-state index < -0.39 is 39.7 Å². The maximum Gasteiger partial charge on any atom is 0.251 e. The fourth-order valence-corrected chi connectivity index (χ4v) is 4.72. The first-order valence-corrected chi connectivity index (χ1v) is 12.1. The highest BCUT2D eigenvalue weighted by atomic mass is 32.2. The number of carbonyl (C=O) groups is 2. The summed E-state index contributed by atoms with van der Waals surface area (Å²) in [6.07, 6.45) is 0.988. The first-order valence-electron chi connectivity index (χ1n) is 10.3. The van der Waals surface area contributed by atoms with Gasteiger partial charge in [0.1, 0.15) is 24.6 Å². The van der Waals surface area contributed by atoms with Crippen LogP contribution in [0.1, 0.15) is 12.5 Å². The maximum atomic E-state index is 13.7. The van der Waals surface area contributed by atoms with Crippen LogP contribution in [-0.4, -0.2) is 67.5 Å². The Labute approximate surface area is 191 Å². The number of nitrogens with one attached hydrogen (secondary N) is 1. The molecule has 2 aliphatic heterocycles. The van der Waals surface area contributed by atoms with Crippen molar-refractivity contribution in [2.75, 3.05) is 37.9 Å². The summed E-state index contributed by atoms with van der Waals surface area (Å²) < 4.78 is 50.1. The molecule has 1 fully saturated rings. The van der Waals surface area contributed by atoms with E-state index in [9.17, 15) is 22.4 Å². The van der Waals surface area contributed by atoms with Crippen LogP contribution < -0.4 is 14.8 Å². The van der Waals surface area contributed by atoms with Gasteiger partial charge in [0.15, 0.2) is 11.5 Å². The summed E-state index contributed by atoms with van der Waals surface area (Å²) in [4.78, 5) is 27.8. The molecule has 2 aromatic rings. The molecule has 2 amide bonds. The summed E-state index contributed by atoms with van der Waals surface area (Å²) in [7, 11) is -3.74. The van der Waals surface area contributed by atoms with Gasteiger partial charge in [0.25, 0.3) is 5.91 Å². The topological polar surface area (TPSA) is 105 Å². The molecule has 2 aliphatic rings. The van der Waals surface area contributed by atoms with Crippen LogP contribution in [0.25, 0.3) is 0 Å². The monoisotopic (exact) mass is 477 g/mol. The summed E-state index contributed by atoms with van der Waals surface area (Å²) >= 11 is 0. The van der Waals surface area contributed by atoms with Crippen molar-refractivity contribution in [2.24, 2.45) is 0 Å². The van der Waals surface area contributed by atoms with E-state index in [1.165, 1.54) is 30.0 Å². The molecule has 0 saturated carbocycles. The quantitative estimate of drug-likeness (QED) is 0.702. The number of anilines is 1. The Morgan fingerprint density at radius 2 is 1.88 bits per heavy atom. The minimum Gasteiger partial charge on any atom is -0.486 e. The highest BCUT2D eigenvalue weighted by Crippen LogP contribution is 2.34. The molecule has 1 atom stereocenters. The number of ether oxygens (including phenoxy) is 2. The van der Waals surface area contributed by atoms with E-state index in [4.69, 9.17) is 9.47 Å². The lowest BCUT2D eigenvalue weighted by Gasteiger charge is -2.46. The highest BCUT2D eigenvalue weighted by molar-refractivity contribution is 7.88. The molecule has 1 N–H and O–H groups in total. The van der Waals surface area contributed by atoms with Gasteiger partial charge in [-0.25, -0.2) is 12.8 Å². The fraction of sp³-hybridized carbons (Fsp3) is 0.364. The molecule has 33 heavy (non-hydrogen) atoms. The fourth-order valence-electron chi connectivity index (χ4n) is 3.89. The van der Waals surface area contributed by atoms with Crippen LogP contribution in [0.3, 0.4) is 0 Å². The van der Waals surface area contributed by atoms with Gasteiger partial charge in [0.2, 0.25) is 15.9 Å². The predicted molar refractivity (Wildman–Crippen MR) is 118 cm³/mol. The number of carbonyl (C=O) groups excluding carboxylic acids is 2. The molecular weight excluding hydrogens is 453 g/mol. The Bertz CT molecular complexity index is 1200. The van der Waals surface area contributed by atoms with Gasteiger partial charge in [-0.15, -0.1) is 0 Å². The van der Waals surface area contributed by atoms with Crippen LogP contribution in [0.4, 0.5) is 10.1 Å². The second-order valence-corrected chi connectivity index (χ2v) is 10.2. The molecule has 9 nitrogen and oxygen atoms in total. The van der Waals surface area contributed by atoms with Gasteiger partial charge in [-0.2, -0.15) is 4.31 Å². The molecule has 0 aromatic heterocycles. The van der Waals surface area contributed by atoms with Crippen molar-refractivity contribution < 1.29 is 31.9 Å². The van der Waals surface area contributed by atoms with Gasteiger partial charge in [0, 0.05) is 24.8 Å². The van der Waals surface area contributed by atoms with Crippen LogP contribution in [0.15, 0.2) is 42.5 Å². The van der Waals surface area contributed by atoms with Crippen molar-refractivity contribution in [3.05, 3.63) is 53.8 Å². The normalized spacial score (nSPS) is 21.1. The Morgan fingerprint density at radius 1 is 1.15 bits per heavy atom. The zero-order valence-electron chi connectivity index (χ0n) is 18.2. The first-order chi connectivity index (χ1) is 15.6. The largest absolute Gasteiger partial charge is 0.486 e. The lowest BCUT2D eigenvalue weighted by molar-refractivity contribution is -0.151. The van der Waals surface area contributed by atoms with E-state index in [1.54, 1.807) is 24.3 Å². The van der Waals surface area contributed by atoms with E-state index in [2.05, 4.69) is 5.32 Å². The molecule has 0 bridgehead atoms. The summed E-state index contributed by atoms with van der Waals surface area (Å²) in [5, 5.41) is 2.76. The number of sulfonamides is 1. The van der Waals surface area contributed by atoms with Crippen molar-refractivity contribution in [1.29, 1.82) is 0 Å². The lowest BCUT2D eigenvalue weighted by Crippen LogP contribution is -2.68. The number of halogens is 1. The Hall–Kier alpha value is -3.18. The molecule has 2 aromatic carbocycles. The van der Waals surface area contributed by atoms with Crippen molar-refractivity contribution >= 4 is 27.5 Å². The third kappa shape index (κ3) is 4.79. The van der Waals surface area contributed by atoms with Gasteiger partial charge >= 0.3 is 0 Å². The minimum atomic E-state index is -3.74. The molecular formula is C22H24FN3O6S. The Balaban J connectivity index is 1.65. The maximum absolute atomic E-state index is 13.7. The Kier molecular flexibility index (Phi) is 6.02. The number of hydrogen-bond donors (Lipinski definition) is 1. The summed E-state index contributed by atoms with van der Waals surface area (Å²) in [5.41, 5.74) is -0.674. The van der Waals surface area contributed by atoms with Crippen LogP contribution in [0, 0.1) is 5.82 Å². The number of fused-ring (bicyclic) bond motifs is 1. The first kappa shape index (κ1) is 23.0. The molecule has 0 radical (unpaired) electrons. The van der Waals surface area contributed by atoms with Crippen LogP contribution >= 0.6 is 0 Å². The molecule has 4 rings (SSSR count). The van der Waals surface area contributed by atoms with E-state index >= 15 is 0 Å². The second-order valence-electron chi connectivity index (χ2n) is 8.23. The van der Waals surface area contributed by atoms with E-state index in [-0.39, 0.29) is 13.1 Å². The van der Waals surface area contributed by atoms with Crippen LogP contribution in [0.5, 0.6) is 11.5 Å². The van der Waals surface area contributed by atoms with Crippen molar-refractivity contribution in [2.45, 2.75) is 19.0 Å². The van der Waals surface area contributed by atoms with E-state index in [0.717, 1.165) is 10.6 Å². The van der Waals surface area contributed by atoms with Crippen molar-refractivity contribution in [3.8, 4) is 11.5 Å². The molecule has 2 heterocycles. The lowest BCUT2D eigenvalue weighted by atomic mass is 9.94. The number of amides is 2. The minimum absolute atomic E-state index is 0.0563. The number of benzene rings is 2. The molecule has 11 heteroatoms. The van der Waals surface area contributed by atoms with E-state index in [1.807, 2.05) is 0 Å². The molecule has 0 aliphatic carbocycles. The third-order valence-electron chi connectivity index (χ3n) is 5.68. The van der Waals surface area contributed by atoms with Gasteiger partial charge in [0.05, 0.1) is 12.8 Å². The number of piperazine rings is 1. The zero-order chi connectivity index (χ0) is 23.8. The van der Waals surface area contributed by atoms with Gasteiger partial charge in [-0.1, -0.05) is 12.1 Å². The van der Waals surface area contributed by atoms with Gasteiger partial charge in [-0.05, 0) is 36.8 Å². The second kappa shape index (κ2) is 8.64. The van der Waals surface area contributed by atoms with Crippen LogP contribution in [-0.2, 0) is 26.2 Å². The molecule has 0 spiro atoms. The standard InChI is InChI=1S/C22H24FN3O6S/c1-22(21(28)24-17-6-7-18-19(11-17)32-9-8-31-18)14-25(33(2,29)30)13-20(27)26(22)12-15-4-3-5-16(23)10-15/h3-7,10-11H,8-9,12-14H2,1-2H3,(H,24,28). The molecule has 1 saturated heterocycles. The average Bonchev–Trinajstić information content (AvgIpc) is 2.75. The van der Waals surface area contributed by atoms with Crippen molar-refractivity contribution in [1.82, 2.24) is 9.21 Å². The van der Waals surface area contributed by atoms with Gasteiger partial charge < -0.3 is 19.7 Å². The number of hydrogen-bond acceptors (Lipinski definition) is 6. The van der Waals surface area contributed by atoms with Crippen LogP contribution in [0.2, 0.25) is 0 Å². The highest BCUT2D eigenvalue weighted by Gasteiger charge is 2.49. The molecule has 176 valence electrons. The number of rotatable bonds is 5. The number of nitrogens with zero attached hydrogens (tertiary/aromatic N) is 2. The van der Waals surface area contributed by atoms with Gasteiger partial charge in [-0.3, -0.25) is 9.59 Å².